The number of ether oxygens (including phenoxy) is 2. The summed E-state index contributed by atoms with van der Waals surface area (Å²) in [6, 6.07) is 6.06. The highest BCUT2D eigenvalue weighted by molar-refractivity contribution is 7.86. The third kappa shape index (κ3) is 4.07. The molecule has 1 aliphatic rings. The molecule has 2 rings (SSSR count). The molecule has 0 saturated carbocycles. The van der Waals surface area contributed by atoms with Crippen molar-refractivity contribution < 1.29 is 37.4 Å². The summed E-state index contributed by atoms with van der Waals surface area (Å²) in [6.07, 6.45) is -6.85. The minimum absolute atomic E-state index is 0.0303. The van der Waals surface area contributed by atoms with Crippen LogP contribution in [-0.4, -0.2) is 68.2 Å². The molecule has 5 atom stereocenters. The first-order valence-electron chi connectivity index (χ1n) is 6.95. The van der Waals surface area contributed by atoms with Gasteiger partial charge in [0, 0.05) is 7.11 Å². The quantitative estimate of drug-likeness (QED) is 0.589. The van der Waals surface area contributed by atoms with Crippen molar-refractivity contribution in [2.75, 3.05) is 13.7 Å². The van der Waals surface area contributed by atoms with Crippen LogP contribution >= 0.6 is 0 Å². The lowest BCUT2D eigenvalue weighted by Crippen LogP contribution is -2.59. The standard InChI is InChI=1S/C14H20O8S/c1-8-3-5-9(6-4-8)23(18,19)21-7-10-11(15)12(16)13(17)14(20-2)22-10/h3-6,10-17H,7H2,1-2H3/t10?,11-,12?,13-,14+/m1/s1. The monoisotopic (exact) mass is 348 g/mol. The van der Waals surface area contributed by atoms with Crippen molar-refractivity contribution in [1.29, 1.82) is 0 Å². The van der Waals surface area contributed by atoms with E-state index in [9.17, 15) is 23.7 Å². The predicted molar refractivity (Wildman–Crippen MR) is 78.0 cm³/mol. The van der Waals surface area contributed by atoms with Crippen LogP contribution in [0.25, 0.3) is 0 Å². The van der Waals surface area contributed by atoms with Gasteiger partial charge < -0.3 is 24.8 Å². The van der Waals surface area contributed by atoms with Crippen molar-refractivity contribution in [3.63, 3.8) is 0 Å². The zero-order valence-electron chi connectivity index (χ0n) is 12.7. The molecule has 0 radical (unpaired) electrons. The molecule has 2 unspecified atom stereocenters. The lowest BCUT2D eigenvalue weighted by molar-refractivity contribution is -0.293. The van der Waals surface area contributed by atoms with Crippen LogP contribution in [0.15, 0.2) is 29.2 Å². The van der Waals surface area contributed by atoms with Gasteiger partial charge in [0.2, 0.25) is 0 Å². The summed E-state index contributed by atoms with van der Waals surface area (Å²) in [6.45, 7) is 1.29. The van der Waals surface area contributed by atoms with Crippen LogP contribution in [0, 0.1) is 6.92 Å². The largest absolute Gasteiger partial charge is 0.387 e. The maximum absolute atomic E-state index is 12.1. The molecule has 1 saturated heterocycles. The molecule has 1 aromatic carbocycles. The van der Waals surface area contributed by atoms with Gasteiger partial charge in [-0.05, 0) is 19.1 Å². The molecular formula is C14H20O8S. The zero-order valence-corrected chi connectivity index (χ0v) is 13.5. The number of benzene rings is 1. The molecule has 1 aliphatic heterocycles. The Morgan fingerprint density at radius 2 is 1.70 bits per heavy atom. The van der Waals surface area contributed by atoms with Gasteiger partial charge in [-0.2, -0.15) is 8.42 Å². The van der Waals surface area contributed by atoms with Gasteiger partial charge in [-0.1, -0.05) is 17.7 Å². The lowest BCUT2D eigenvalue weighted by Gasteiger charge is -2.39. The van der Waals surface area contributed by atoms with Crippen molar-refractivity contribution in [3.05, 3.63) is 29.8 Å². The first-order valence-corrected chi connectivity index (χ1v) is 8.35. The van der Waals surface area contributed by atoms with E-state index in [0.29, 0.717) is 0 Å². The normalized spacial score (nSPS) is 32.0. The molecule has 23 heavy (non-hydrogen) atoms. The van der Waals surface area contributed by atoms with E-state index in [4.69, 9.17) is 13.7 Å². The Labute approximate surface area is 134 Å². The minimum Gasteiger partial charge on any atom is -0.387 e. The van der Waals surface area contributed by atoms with E-state index in [1.807, 2.05) is 6.92 Å². The van der Waals surface area contributed by atoms with Crippen LogP contribution in [0.5, 0.6) is 0 Å². The van der Waals surface area contributed by atoms with Gasteiger partial charge in [0.25, 0.3) is 10.1 Å². The summed E-state index contributed by atoms with van der Waals surface area (Å²) in [5, 5.41) is 29.2. The summed E-state index contributed by atoms with van der Waals surface area (Å²) in [4.78, 5) is -0.0303. The fourth-order valence-electron chi connectivity index (χ4n) is 2.18. The third-order valence-electron chi connectivity index (χ3n) is 3.60. The Morgan fingerprint density at radius 3 is 2.26 bits per heavy atom. The number of aryl methyl sites for hydroxylation is 1. The van der Waals surface area contributed by atoms with Crippen molar-refractivity contribution in [3.8, 4) is 0 Å². The Kier molecular flexibility index (Phi) is 5.74. The van der Waals surface area contributed by atoms with Crippen LogP contribution in [-0.2, 0) is 23.8 Å². The number of methoxy groups -OCH3 is 1. The molecule has 3 N–H and O–H groups in total. The summed E-state index contributed by atoms with van der Waals surface area (Å²) in [5.74, 6) is 0. The van der Waals surface area contributed by atoms with Crippen LogP contribution in [0.3, 0.4) is 0 Å². The SMILES string of the molecule is CO[C@H]1OC(COS(=O)(=O)c2ccc(C)cc2)[C@@H](O)C(O)[C@H]1O. The molecule has 0 amide bonds. The van der Waals surface area contributed by atoms with Crippen molar-refractivity contribution in [2.24, 2.45) is 0 Å². The number of hydrogen-bond acceptors (Lipinski definition) is 8. The molecule has 130 valence electrons. The van der Waals surface area contributed by atoms with Crippen LogP contribution in [0.4, 0.5) is 0 Å². The van der Waals surface area contributed by atoms with Crippen molar-refractivity contribution in [1.82, 2.24) is 0 Å². The number of rotatable bonds is 5. The highest BCUT2D eigenvalue weighted by Crippen LogP contribution is 2.23. The number of hydrogen-bond donors (Lipinski definition) is 3. The molecule has 1 aromatic rings. The second-order valence-electron chi connectivity index (χ2n) is 5.30. The second kappa shape index (κ2) is 7.22. The van der Waals surface area contributed by atoms with E-state index >= 15 is 0 Å². The molecule has 0 aliphatic carbocycles. The third-order valence-corrected chi connectivity index (χ3v) is 4.89. The van der Waals surface area contributed by atoms with E-state index in [0.717, 1.165) is 5.56 Å². The van der Waals surface area contributed by atoms with E-state index in [1.165, 1.54) is 19.2 Å². The minimum atomic E-state index is -4.03. The number of aliphatic hydroxyl groups is 3. The van der Waals surface area contributed by atoms with E-state index in [-0.39, 0.29) is 4.90 Å². The van der Waals surface area contributed by atoms with Crippen molar-refractivity contribution >= 4 is 10.1 Å². The van der Waals surface area contributed by atoms with Crippen LogP contribution < -0.4 is 0 Å². The van der Waals surface area contributed by atoms with Gasteiger partial charge in [-0.15, -0.1) is 0 Å². The highest BCUT2D eigenvalue weighted by atomic mass is 32.2. The van der Waals surface area contributed by atoms with Gasteiger partial charge in [-0.3, -0.25) is 4.18 Å². The smallest absolute Gasteiger partial charge is 0.297 e. The molecule has 9 heteroatoms. The van der Waals surface area contributed by atoms with E-state index < -0.39 is 47.4 Å². The fraction of sp³-hybridized carbons (Fsp3) is 0.571. The predicted octanol–water partition coefficient (Wildman–Crippen LogP) is -0.846. The molecule has 0 spiro atoms. The Hall–Kier alpha value is -1.07. The average molecular weight is 348 g/mol. The fourth-order valence-corrected chi connectivity index (χ4v) is 3.10. The van der Waals surface area contributed by atoms with Gasteiger partial charge in [-0.25, -0.2) is 0 Å². The highest BCUT2D eigenvalue weighted by Gasteiger charge is 2.44. The maximum atomic E-state index is 12.1. The number of aliphatic hydroxyl groups excluding tert-OH is 3. The van der Waals surface area contributed by atoms with Gasteiger partial charge >= 0.3 is 0 Å². The zero-order chi connectivity index (χ0) is 17.2. The topological polar surface area (TPSA) is 123 Å². The maximum Gasteiger partial charge on any atom is 0.297 e. The van der Waals surface area contributed by atoms with Crippen LogP contribution in [0.2, 0.25) is 0 Å². The molecule has 0 bridgehead atoms. The first-order chi connectivity index (χ1) is 10.8. The van der Waals surface area contributed by atoms with Crippen LogP contribution in [0.1, 0.15) is 5.56 Å². The lowest BCUT2D eigenvalue weighted by atomic mass is 9.99. The van der Waals surface area contributed by atoms with E-state index in [1.54, 1.807) is 12.1 Å². The van der Waals surface area contributed by atoms with E-state index in [2.05, 4.69) is 0 Å². The molecular weight excluding hydrogens is 328 g/mol. The summed E-state index contributed by atoms with van der Waals surface area (Å²) >= 11 is 0. The Bertz CT molecular complexity index is 612. The first kappa shape index (κ1) is 18.3. The second-order valence-corrected chi connectivity index (χ2v) is 6.92. The summed E-state index contributed by atoms with van der Waals surface area (Å²) < 4.78 is 39.1. The van der Waals surface area contributed by atoms with Gasteiger partial charge in [0.1, 0.15) is 24.4 Å². The van der Waals surface area contributed by atoms with Gasteiger partial charge in [0.05, 0.1) is 11.5 Å². The van der Waals surface area contributed by atoms with Crippen molar-refractivity contribution in [2.45, 2.75) is 42.5 Å². The molecule has 8 nitrogen and oxygen atoms in total. The average Bonchev–Trinajstić information content (AvgIpc) is 2.52. The van der Waals surface area contributed by atoms with Gasteiger partial charge in [0.15, 0.2) is 6.29 Å². The Balaban J connectivity index is 2.05. The molecule has 1 fully saturated rings. The summed E-state index contributed by atoms with van der Waals surface area (Å²) in [5.41, 5.74) is 0.898. The molecule has 1 heterocycles. The molecule has 0 aromatic heterocycles. The summed E-state index contributed by atoms with van der Waals surface area (Å²) in [7, 11) is -2.78. The Morgan fingerprint density at radius 1 is 1.09 bits per heavy atom.